The lowest BCUT2D eigenvalue weighted by atomic mass is 10.1. The Labute approximate surface area is 152 Å². The van der Waals surface area contributed by atoms with Gasteiger partial charge in [-0.2, -0.15) is 0 Å². The van der Waals surface area contributed by atoms with E-state index < -0.39 is 0 Å². The number of hydrogen-bond donors (Lipinski definition) is 0. The SMILES string of the molecule is Cc1ccc(-n2c(-c3ccccc3)cn3c4ccccc4nc23)cc1C. The van der Waals surface area contributed by atoms with Crippen LogP contribution in [0.1, 0.15) is 11.1 Å². The number of para-hydroxylation sites is 2. The second-order valence-electron chi connectivity index (χ2n) is 6.75. The van der Waals surface area contributed by atoms with Crippen LogP contribution in [0.15, 0.2) is 79.0 Å². The second kappa shape index (κ2) is 5.60. The van der Waals surface area contributed by atoms with Gasteiger partial charge in [0.1, 0.15) is 0 Å². The first-order valence-electron chi connectivity index (χ1n) is 8.84. The zero-order valence-electron chi connectivity index (χ0n) is 14.8. The summed E-state index contributed by atoms with van der Waals surface area (Å²) in [7, 11) is 0. The molecule has 0 amide bonds. The molecule has 0 radical (unpaired) electrons. The van der Waals surface area contributed by atoms with Gasteiger partial charge in [-0.3, -0.25) is 8.97 Å². The van der Waals surface area contributed by atoms with E-state index in [1.807, 2.05) is 12.1 Å². The van der Waals surface area contributed by atoms with Crippen molar-refractivity contribution in [3.05, 3.63) is 90.1 Å². The molecule has 0 bridgehead atoms. The molecule has 0 aliphatic heterocycles. The highest BCUT2D eigenvalue weighted by Gasteiger charge is 2.16. The van der Waals surface area contributed by atoms with Crippen LogP contribution in [0.4, 0.5) is 0 Å². The highest BCUT2D eigenvalue weighted by Crippen LogP contribution is 2.30. The molecule has 0 unspecified atom stereocenters. The molecule has 0 saturated heterocycles. The van der Waals surface area contributed by atoms with Crippen LogP contribution in [0.3, 0.4) is 0 Å². The van der Waals surface area contributed by atoms with Gasteiger partial charge in [-0.25, -0.2) is 4.98 Å². The van der Waals surface area contributed by atoms with Gasteiger partial charge in [-0.1, -0.05) is 48.5 Å². The van der Waals surface area contributed by atoms with Crippen molar-refractivity contribution >= 4 is 16.8 Å². The van der Waals surface area contributed by atoms with E-state index in [1.54, 1.807) is 0 Å². The van der Waals surface area contributed by atoms with Gasteiger partial charge in [-0.05, 0) is 49.2 Å². The Bertz CT molecular complexity index is 1240. The van der Waals surface area contributed by atoms with E-state index in [-0.39, 0.29) is 0 Å². The molecule has 0 spiro atoms. The summed E-state index contributed by atoms with van der Waals surface area (Å²) in [6.07, 6.45) is 2.19. The third-order valence-corrected chi connectivity index (χ3v) is 5.09. The van der Waals surface area contributed by atoms with Crippen molar-refractivity contribution in [3.63, 3.8) is 0 Å². The molecule has 3 heteroatoms. The maximum Gasteiger partial charge on any atom is 0.220 e. The van der Waals surface area contributed by atoms with Crippen LogP contribution in [0.5, 0.6) is 0 Å². The Balaban J connectivity index is 1.89. The molecule has 0 N–H and O–H groups in total. The van der Waals surface area contributed by atoms with Gasteiger partial charge in [0.25, 0.3) is 0 Å². The van der Waals surface area contributed by atoms with Gasteiger partial charge >= 0.3 is 0 Å². The standard InChI is InChI=1S/C23H19N3/c1-16-12-13-19(14-17(16)2)26-22(18-8-4-3-5-9-18)15-25-21-11-7-6-10-20(21)24-23(25)26/h3-15H,1-2H3. The van der Waals surface area contributed by atoms with Crippen molar-refractivity contribution in [2.45, 2.75) is 13.8 Å². The first-order valence-corrected chi connectivity index (χ1v) is 8.84. The average molecular weight is 337 g/mol. The zero-order valence-corrected chi connectivity index (χ0v) is 14.8. The lowest BCUT2D eigenvalue weighted by Gasteiger charge is -2.11. The Hall–Kier alpha value is -3.33. The molecule has 126 valence electrons. The van der Waals surface area contributed by atoms with E-state index in [9.17, 15) is 0 Å². The number of nitrogens with zero attached hydrogens (tertiary/aromatic N) is 3. The summed E-state index contributed by atoms with van der Waals surface area (Å²) in [5.41, 5.74) is 8.18. The number of fused-ring (bicyclic) bond motifs is 3. The fourth-order valence-electron chi connectivity index (χ4n) is 3.54. The Morgan fingerprint density at radius 1 is 0.769 bits per heavy atom. The Kier molecular flexibility index (Phi) is 3.22. The van der Waals surface area contributed by atoms with Gasteiger partial charge in [0.05, 0.1) is 16.7 Å². The minimum absolute atomic E-state index is 0.938. The number of aromatic nitrogens is 3. The molecule has 0 atom stereocenters. The fraction of sp³-hybridized carbons (Fsp3) is 0.0870. The molecule has 26 heavy (non-hydrogen) atoms. The molecule has 3 aromatic carbocycles. The van der Waals surface area contributed by atoms with Crippen LogP contribution in [0.2, 0.25) is 0 Å². The summed E-state index contributed by atoms with van der Waals surface area (Å²) in [6, 6.07) is 25.4. The van der Waals surface area contributed by atoms with Crippen molar-refractivity contribution in [2.24, 2.45) is 0 Å². The number of aryl methyl sites for hydroxylation is 2. The largest absolute Gasteiger partial charge is 0.283 e. The quantitative estimate of drug-likeness (QED) is 0.413. The molecule has 0 aliphatic rings. The molecule has 0 fully saturated rings. The number of rotatable bonds is 2. The highest BCUT2D eigenvalue weighted by atomic mass is 15.2. The van der Waals surface area contributed by atoms with E-state index in [0.29, 0.717) is 0 Å². The molecule has 3 nitrogen and oxygen atoms in total. The van der Waals surface area contributed by atoms with Crippen molar-refractivity contribution in [1.82, 2.24) is 14.0 Å². The van der Waals surface area contributed by atoms with E-state index in [4.69, 9.17) is 4.98 Å². The summed E-state index contributed by atoms with van der Waals surface area (Å²) in [5.74, 6) is 0.938. The third kappa shape index (κ3) is 2.17. The summed E-state index contributed by atoms with van der Waals surface area (Å²) in [5, 5.41) is 0. The summed E-state index contributed by atoms with van der Waals surface area (Å²) in [6.45, 7) is 4.30. The Morgan fingerprint density at radius 3 is 2.35 bits per heavy atom. The molecule has 5 aromatic rings. The van der Waals surface area contributed by atoms with E-state index >= 15 is 0 Å². The first-order chi connectivity index (χ1) is 12.7. The van der Waals surface area contributed by atoms with E-state index in [1.165, 1.54) is 16.7 Å². The number of imidazole rings is 2. The minimum atomic E-state index is 0.938. The van der Waals surface area contributed by atoms with Crippen LogP contribution < -0.4 is 0 Å². The summed E-state index contributed by atoms with van der Waals surface area (Å²) < 4.78 is 4.44. The highest BCUT2D eigenvalue weighted by molar-refractivity contribution is 5.82. The maximum atomic E-state index is 4.92. The van der Waals surface area contributed by atoms with Gasteiger partial charge < -0.3 is 0 Å². The van der Waals surface area contributed by atoms with Crippen molar-refractivity contribution < 1.29 is 0 Å². The van der Waals surface area contributed by atoms with Crippen LogP contribution in [-0.4, -0.2) is 14.0 Å². The van der Waals surface area contributed by atoms with Crippen LogP contribution in [0, 0.1) is 13.8 Å². The normalized spacial score (nSPS) is 11.5. The molecule has 0 aliphatic carbocycles. The van der Waals surface area contributed by atoms with Crippen LogP contribution in [0.25, 0.3) is 33.8 Å². The maximum absolute atomic E-state index is 4.92. The molecule has 5 rings (SSSR count). The molecule has 2 aromatic heterocycles. The number of hydrogen-bond acceptors (Lipinski definition) is 1. The van der Waals surface area contributed by atoms with Gasteiger partial charge in [0.2, 0.25) is 5.78 Å². The van der Waals surface area contributed by atoms with Crippen molar-refractivity contribution in [3.8, 4) is 16.9 Å². The smallest absolute Gasteiger partial charge is 0.220 e. The lowest BCUT2D eigenvalue weighted by Crippen LogP contribution is -1.99. The Morgan fingerprint density at radius 2 is 1.54 bits per heavy atom. The van der Waals surface area contributed by atoms with Gasteiger partial charge in [-0.15, -0.1) is 0 Å². The molecular weight excluding hydrogens is 318 g/mol. The molecular formula is C23H19N3. The van der Waals surface area contributed by atoms with Crippen LogP contribution in [-0.2, 0) is 0 Å². The van der Waals surface area contributed by atoms with Crippen molar-refractivity contribution in [1.29, 1.82) is 0 Å². The minimum Gasteiger partial charge on any atom is -0.283 e. The fourth-order valence-corrected chi connectivity index (χ4v) is 3.54. The summed E-state index contributed by atoms with van der Waals surface area (Å²) >= 11 is 0. The zero-order chi connectivity index (χ0) is 17.7. The number of benzene rings is 3. The topological polar surface area (TPSA) is 22.2 Å². The molecule has 2 heterocycles. The molecule has 0 saturated carbocycles. The lowest BCUT2D eigenvalue weighted by molar-refractivity contribution is 1.08. The third-order valence-electron chi connectivity index (χ3n) is 5.09. The summed E-state index contributed by atoms with van der Waals surface area (Å²) in [4.78, 5) is 4.92. The van der Waals surface area contributed by atoms with Crippen LogP contribution >= 0.6 is 0 Å². The average Bonchev–Trinajstić information content (AvgIpc) is 3.21. The van der Waals surface area contributed by atoms with Gasteiger partial charge in [0, 0.05) is 17.4 Å². The first kappa shape index (κ1) is 15.0. The van der Waals surface area contributed by atoms with E-state index in [2.05, 4.69) is 89.7 Å². The van der Waals surface area contributed by atoms with E-state index in [0.717, 1.165) is 28.2 Å². The van der Waals surface area contributed by atoms with Gasteiger partial charge in [0.15, 0.2) is 0 Å². The predicted octanol–water partition coefficient (Wildman–Crippen LogP) is 5.56. The predicted molar refractivity (Wildman–Crippen MR) is 107 cm³/mol. The van der Waals surface area contributed by atoms with Crippen molar-refractivity contribution in [2.75, 3.05) is 0 Å². The monoisotopic (exact) mass is 337 g/mol. The second-order valence-corrected chi connectivity index (χ2v) is 6.75.